The zero-order chi connectivity index (χ0) is 15.8. The standard InChI is InChI=1S/C16H22N6O/c1-20-14(9-17-19-20)10-21-7-3-5-13(21)11-22-16(23)8-12-4-2-6-15(12)18-22/h8-9,13H,2-7,10-11H2,1H3. The average molecular weight is 314 g/mol. The molecule has 23 heavy (non-hydrogen) atoms. The molecule has 4 rings (SSSR count). The molecule has 2 aliphatic rings. The zero-order valence-corrected chi connectivity index (χ0v) is 13.5. The van der Waals surface area contributed by atoms with Crippen molar-refractivity contribution in [2.24, 2.45) is 7.05 Å². The maximum Gasteiger partial charge on any atom is 0.267 e. The van der Waals surface area contributed by atoms with E-state index < -0.39 is 0 Å². The van der Waals surface area contributed by atoms with E-state index in [1.807, 2.05) is 17.9 Å². The third-order valence-corrected chi connectivity index (χ3v) is 5.08. The van der Waals surface area contributed by atoms with E-state index in [9.17, 15) is 4.79 Å². The van der Waals surface area contributed by atoms with Crippen LogP contribution in [0.5, 0.6) is 0 Å². The number of hydrogen-bond donors (Lipinski definition) is 0. The Bertz CT molecular complexity index is 764. The van der Waals surface area contributed by atoms with E-state index in [1.165, 1.54) is 0 Å². The Kier molecular flexibility index (Phi) is 3.72. The Balaban J connectivity index is 1.52. The highest BCUT2D eigenvalue weighted by molar-refractivity contribution is 5.22. The van der Waals surface area contributed by atoms with E-state index in [-0.39, 0.29) is 5.56 Å². The molecule has 0 aromatic carbocycles. The van der Waals surface area contributed by atoms with Gasteiger partial charge in [0, 0.05) is 25.7 Å². The molecule has 2 aromatic rings. The lowest BCUT2D eigenvalue weighted by Gasteiger charge is -2.24. The van der Waals surface area contributed by atoms with Gasteiger partial charge in [-0.1, -0.05) is 5.21 Å². The minimum absolute atomic E-state index is 0.0414. The molecule has 122 valence electrons. The van der Waals surface area contributed by atoms with E-state index in [2.05, 4.69) is 20.3 Å². The Morgan fingerprint density at radius 3 is 3.04 bits per heavy atom. The van der Waals surface area contributed by atoms with Crippen molar-refractivity contribution >= 4 is 0 Å². The van der Waals surface area contributed by atoms with Crippen molar-refractivity contribution in [3.63, 3.8) is 0 Å². The fourth-order valence-corrected chi connectivity index (χ4v) is 3.74. The zero-order valence-electron chi connectivity index (χ0n) is 13.5. The molecule has 1 atom stereocenters. The van der Waals surface area contributed by atoms with Gasteiger partial charge in [-0.3, -0.25) is 14.4 Å². The molecular weight excluding hydrogens is 292 g/mol. The highest BCUT2D eigenvalue weighted by atomic mass is 16.1. The molecule has 1 saturated heterocycles. The van der Waals surface area contributed by atoms with Crippen LogP contribution < -0.4 is 5.56 Å². The van der Waals surface area contributed by atoms with Crippen LogP contribution in [-0.4, -0.2) is 42.3 Å². The molecule has 0 radical (unpaired) electrons. The lowest BCUT2D eigenvalue weighted by Crippen LogP contribution is -2.37. The fourth-order valence-electron chi connectivity index (χ4n) is 3.74. The van der Waals surface area contributed by atoms with Crippen LogP contribution in [0.25, 0.3) is 0 Å². The molecule has 3 heterocycles. The summed E-state index contributed by atoms with van der Waals surface area (Å²) in [5, 5.41) is 12.6. The number of fused-ring (bicyclic) bond motifs is 1. The van der Waals surface area contributed by atoms with E-state index in [0.29, 0.717) is 12.6 Å². The van der Waals surface area contributed by atoms with Gasteiger partial charge < -0.3 is 0 Å². The molecule has 7 nitrogen and oxygen atoms in total. The van der Waals surface area contributed by atoms with Crippen LogP contribution in [0.2, 0.25) is 0 Å². The second kappa shape index (κ2) is 5.88. The van der Waals surface area contributed by atoms with Crippen LogP contribution in [0.1, 0.15) is 36.2 Å². The molecule has 0 bridgehead atoms. The maximum absolute atomic E-state index is 12.3. The van der Waals surface area contributed by atoms with Crippen LogP contribution in [0.3, 0.4) is 0 Å². The summed E-state index contributed by atoms with van der Waals surface area (Å²) in [6.07, 6.45) is 7.21. The van der Waals surface area contributed by atoms with Gasteiger partial charge in [0.15, 0.2) is 0 Å². The topological polar surface area (TPSA) is 68.8 Å². The molecule has 1 aliphatic carbocycles. The summed E-state index contributed by atoms with van der Waals surface area (Å²) in [6, 6.07) is 2.15. The molecule has 0 spiro atoms. The van der Waals surface area contributed by atoms with Gasteiger partial charge in [0.2, 0.25) is 0 Å². The summed E-state index contributed by atoms with van der Waals surface area (Å²) in [5.74, 6) is 0. The Morgan fingerprint density at radius 1 is 1.30 bits per heavy atom. The number of likely N-dealkylation sites (tertiary alicyclic amines) is 1. The monoisotopic (exact) mass is 314 g/mol. The third-order valence-electron chi connectivity index (χ3n) is 5.08. The van der Waals surface area contributed by atoms with Crippen LogP contribution in [-0.2, 0) is 33.0 Å². The molecule has 0 N–H and O–H groups in total. The average Bonchev–Trinajstić information content (AvgIpc) is 3.24. The van der Waals surface area contributed by atoms with Gasteiger partial charge in [-0.15, -0.1) is 5.10 Å². The summed E-state index contributed by atoms with van der Waals surface area (Å²) in [4.78, 5) is 14.7. The molecular formula is C16H22N6O. The van der Waals surface area contributed by atoms with Crippen molar-refractivity contribution in [3.8, 4) is 0 Å². The number of aromatic nitrogens is 5. The number of hydrogen-bond acceptors (Lipinski definition) is 5. The van der Waals surface area contributed by atoms with Gasteiger partial charge >= 0.3 is 0 Å². The summed E-state index contributed by atoms with van der Waals surface area (Å²) in [7, 11) is 1.92. The van der Waals surface area contributed by atoms with Crippen LogP contribution in [0.4, 0.5) is 0 Å². The molecule has 7 heteroatoms. The van der Waals surface area contributed by atoms with E-state index in [0.717, 1.165) is 62.1 Å². The first-order chi connectivity index (χ1) is 11.2. The van der Waals surface area contributed by atoms with Gasteiger partial charge in [0.05, 0.1) is 24.1 Å². The molecule has 1 fully saturated rings. The van der Waals surface area contributed by atoms with Crippen molar-refractivity contribution in [2.45, 2.75) is 51.2 Å². The van der Waals surface area contributed by atoms with Gasteiger partial charge in [-0.2, -0.15) is 5.10 Å². The minimum Gasteiger partial charge on any atom is -0.293 e. The second-order valence-corrected chi connectivity index (χ2v) is 6.61. The van der Waals surface area contributed by atoms with Crippen molar-refractivity contribution in [3.05, 3.63) is 39.6 Å². The molecule has 0 saturated carbocycles. The van der Waals surface area contributed by atoms with Crippen LogP contribution >= 0.6 is 0 Å². The predicted molar refractivity (Wildman–Crippen MR) is 85.0 cm³/mol. The van der Waals surface area contributed by atoms with Crippen LogP contribution in [0, 0.1) is 0 Å². The number of nitrogens with zero attached hydrogens (tertiary/aromatic N) is 6. The van der Waals surface area contributed by atoms with E-state index >= 15 is 0 Å². The van der Waals surface area contributed by atoms with Crippen molar-refractivity contribution in [1.82, 2.24) is 29.7 Å². The normalized spacial score (nSPS) is 21.0. The summed E-state index contributed by atoms with van der Waals surface area (Å²) in [5.41, 5.74) is 3.41. The van der Waals surface area contributed by atoms with Crippen molar-refractivity contribution < 1.29 is 0 Å². The second-order valence-electron chi connectivity index (χ2n) is 6.61. The molecule has 1 unspecified atom stereocenters. The number of rotatable bonds is 4. The van der Waals surface area contributed by atoms with Crippen molar-refractivity contribution in [1.29, 1.82) is 0 Å². The van der Waals surface area contributed by atoms with Gasteiger partial charge in [-0.25, -0.2) is 4.68 Å². The molecule has 0 amide bonds. The van der Waals surface area contributed by atoms with Crippen LogP contribution in [0.15, 0.2) is 17.1 Å². The minimum atomic E-state index is 0.0414. The van der Waals surface area contributed by atoms with E-state index in [1.54, 1.807) is 10.7 Å². The summed E-state index contributed by atoms with van der Waals surface area (Å²) < 4.78 is 3.49. The largest absolute Gasteiger partial charge is 0.293 e. The SMILES string of the molecule is Cn1nncc1CN1CCCC1Cn1nc2c(cc1=O)CCC2. The Hall–Kier alpha value is -2.02. The first kappa shape index (κ1) is 14.6. The first-order valence-electron chi connectivity index (χ1n) is 8.38. The predicted octanol–water partition coefficient (Wildman–Crippen LogP) is 0.525. The summed E-state index contributed by atoms with van der Waals surface area (Å²) >= 11 is 0. The molecule has 1 aliphatic heterocycles. The van der Waals surface area contributed by atoms with Gasteiger partial charge in [0.25, 0.3) is 5.56 Å². The van der Waals surface area contributed by atoms with Crippen molar-refractivity contribution in [2.75, 3.05) is 6.54 Å². The Labute approximate surface area is 134 Å². The Morgan fingerprint density at radius 2 is 2.22 bits per heavy atom. The highest BCUT2D eigenvalue weighted by Crippen LogP contribution is 2.21. The number of aryl methyl sites for hydroxylation is 3. The lowest BCUT2D eigenvalue weighted by molar-refractivity contribution is 0.211. The van der Waals surface area contributed by atoms with E-state index in [4.69, 9.17) is 0 Å². The maximum atomic E-state index is 12.3. The van der Waals surface area contributed by atoms with Gasteiger partial charge in [-0.05, 0) is 44.2 Å². The first-order valence-corrected chi connectivity index (χ1v) is 8.38. The quantitative estimate of drug-likeness (QED) is 0.823. The third kappa shape index (κ3) is 2.81. The summed E-state index contributed by atoms with van der Waals surface area (Å²) in [6.45, 7) is 2.56. The fraction of sp³-hybridized carbons (Fsp3) is 0.625. The smallest absolute Gasteiger partial charge is 0.267 e. The lowest BCUT2D eigenvalue weighted by atomic mass is 10.2. The molecule has 2 aromatic heterocycles. The van der Waals surface area contributed by atoms with Gasteiger partial charge in [0.1, 0.15) is 0 Å². The highest BCUT2D eigenvalue weighted by Gasteiger charge is 2.27.